The van der Waals surface area contributed by atoms with Gasteiger partial charge in [-0.1, -0.05) is 30.3 Å². The number of aliphatic imine (C=N–C) groups is 1. The number of piperazine rings is 1. The highest BCUT2D eigenvalue weighted by molar-refractivity contribution is 8.18. The van der Waals surface area contributed by atoms with Gasteiger partial charge in [-0.3, -0.25) is 14.5 Å². The first-order chi connectivity index (χ1) is 22.7. The predicted octanol–water partition coefficient (Wildman–Crippen LogP) is 6.56. The number of para-hydroxylation sites is 1. The van der Waals surface area contributed by atoms with Crippen LogP contribution in [-0.4, -0.2) is 73.7 Å². The number of benzene rings is 3. The zero-order valence-electron chi connectivity index (χ0n) is 25.8. The number of hydrogen-bond donors (Lipinski definition) is 0. The van der Waals surface area contributed by atoms with Crippen molar-refractivity contribution < 1.29 is 45.4 Å². The molecule has 0 atom stereocenters. The van der Waals surface area contributed by atoms with Crippen molar-refractivity contribution in [1.82, 2.24) is 9.80 Å². The molecule has 0 N–H and O–H groups in total. The van der Waals surface area contributed by atoms with Gasteiger partial charge in [-0.25, -0.2) is 0 Å². The van der Waals surface area contributed by atoms with E-state index in [0.29, 0.717) is 47.9 Å². The Hall–Kier alpha value is -4.50. The lowest BCUT2D eigenvalue weighted by atomic mass is 10.0. The number of halogens is 6. The summed E-state index contributed by atoms with van der Waals surface area (Å²) in [4.78, 5) is 35.7. The quantitative estimate of drug-likeness (QED) is 0.196. The molecule has 2 aliphatic rings. The highest BCUT2D eigenvalue weighted by Crippen LogP contribution is 2.39. The van der Waals surface area contributed by atoms with E-state index in [9.17, 15) is 35.9 Å². The van der Waals surface area contributed by atoms with Crippen molar-refractivity contribution in [3.8, 4) is 11.5 Å². The third kappa shape index (κ3) is 8.31. The van der Waals surface area contributed by atoms with E-state index in [0.717, 1.165) is 11.8 Å². The summed E-state index contributed by atoms with van der Waals surface area (Å²) in [6, 6.07) is 15.3. The minimum absolute atomic E-state index is 0.0277. The van der Waals surface area contributed by atoms with Crippen molar-refractivity contribution in [2.45, 2.75) is 19.0 Å². The molecule has 1 fully saturated rings. The van der Waals surface area contributed by atoms with Crippen LogP contribution in [0.1, 0.15) is 22.3 Å². The number of hydrogen-bond acceptors (Lipinski definition) is 7. The number of carbonyl (C=O) groups is 2. The molecule has 2 amide bonds. The van der Waals surface area contributed by atoms with Crippen LogP contribution in [0.25, 0.3) is 6.08 Å². The summed E-state index contributed by atoms with van der Waals surface area (Å²) in [5.41, 5.74) is -2.00. The normalized spacial score (nSPS) is 16.7. The third-order valence-electron chi connectivity index (χ3n) is 7.74. The van der Waals surface area contributed by atoms with E-state index in [1.807, 2.05) is 35.2 Å². The van der Waals surface area contributed by atoms with Gasteiger partial charge in [0, 0.05) is 44.5 Å². The van der Waals surface area contributed by atoms with E-state index >= 15 is 0 Å². The van der Waals surface area contributed by atoms with E-state index in [-0.39, 0.29) is 30.0 Å². The number of amides is 2. The van der Waals surface area contributed by atoms with Crippen molar-refractivity contribution in [1.29, 1.82) is 0 Å². The van der Waals surface area contributed by atoms with Crippen molar-refractivity contribution in [2.75, 3.05) is 51.8 Å². The SMILES string of the molecule is COc1cc(/C=C2\SC(N3CCN(CC(=O)N(C)c4ccccc4)CC3)=NC2=O)ccc1OCc1ccc(C(F)(F)F)cc1C(F)(F)F. The Morgan fingerprint density at radius 3 is 2.29 bits per heavy atom. The van der Waals surface area contributed by atoms with Crippen LogP contribution in [-0.2, 0) is 28.5 Å². The maximum atomic E-state index is 13.5. The molecular weight excluding hydrogens is 662 g/mol. The summed E-state index contributed by atoms with van der Waals surface area (Å²) < 4.78 is 90.5. The number of alkyl halides is 6. The van der Waals surface area contributed by atoms with Crippen molar-refractivity contribution in [2.24, 2.45) is 4.99 Å². The molecule has 0 radical (unpaired) electrons. The second kappa shape index (κ2) is 14.3. The van der Waals surface area contributed by atoms with E-state index in [4.69, 9.17) is 9.47 Å². The number of likely N-dealkylation sites (N-methyl/N-ethyl adjacent to an activating group) is 1. The number of methoxy groups -OCH3 is 1. The molecule has 0 saturated carbocycles. The maximum Gasteiger partial charge on any atom is 0.416 e. The Morgan fingerprint density at radius 2 is 1.65 bits per heavy atom. The second-order valence-corrected chi connectivity index (χ2v) is 11.9. The lowest BCUT2D eigenvalue weighted by Crippen LogP contribution is -2.50. The molecule has 8 nitrogen and oxygen atoms in total. The molecule has 1 saturated heterocycles. The molecule has 3 aromatic carbocycles. The number of anilines is 1. The number of carbonyl (C=O) groups excluding carboxylic acids is 2. The van der Waals surface area contributed by atoms with Gasteiger partial charge in [0.15, 0.2) is 16.7 Å². The maximum absolute atomic E-state index is 13.5. The monoisotopic (exact) mass is 692 g/mol. The van der Waals surface area contributed by atoms with Crippen LogP contribution in [0.5, 0.6) is 11.5 Å². The molecule has 48 heavy (non-hydrogen) atoms. The highest BCUT2D eigenvalue weighted by Gasteiger charge is 2.38. The van der Waals surface area contributed by atoms with Gasteiger partial charge in [0.25, 0.3) is 5.91 Å². The molecule has 0 bridgehead atoms. The molecule has 2 heterocycles. The van der Waals surface area contributed by atoms with E-state index < -0.39 is 41.6 Å². The van der Waals surface area contributed by atoms with Crippen LogP contribution in [0, 0.1) is 0 Å². The second-order valence-electron chi connectivity index (χ2n) is 10.9. The Bertz CT molecular complexity index is 1720. The Balaban J connectivity index is 1.19. The summed E-state index contributed by atoms with van der Waals surface area (Å²) in [5, 5.41) is 0.544. The number of nitrogens with zero attached hydrogens (tertiary/aromatic N) is 4. The van der Waals surface area contributed by atoms with Gasteiger partial charge in [-0.05, 0) is 59.8 Å². The molecule has 3 aromatic rings. The fourth-order valence-corrected chi connectivity index (χ4v) is 6.03. The number of thioether (sulfide) groups is 1. The summed E-state index contributed by atoms with van der Waals surface area (Å²) in [6.07, 6.45) is -8.37. The summed E-state index contributed by atoms with van der Waals surface area (Å²) in [5.74, 6) is -0.259. The summed E-state index contributed by atoms with van der Waals surface area (Å²) >= 11 is 1.20. The number of amidine groups is 1. The van der Waals surface area contributed by atoms with Gasteiger partial charge in [-0.15, -0.1) is 0 Å². The predicted molar refractivity (Wildman–Crippen MR) is 170 cm³/mol. The van der Waals surface area contributed by atoms with Gasteiger partial charge in [0.1, 0.15) is 6.61 Å². The van der Waals surface area contributed by atoms with Crippen molar-refractivity contribution in [3.05, 3.63) is 93.9 Å². The first kappa shape index (κ1) is 34.8. The number of ether oxygens (including phenoxy) is 2. The fourth-order valence-electron chi connectivity index (χ4n) is 5.07. The smallest absolute Gasteiger partial charge is 0.416 e. The first-order valence-corrected chi connectivity index (χ1v) is 15.4. The topological polar surface area (TPSA) is 74.7 Å². The van der Waals surface area contributed by atoms with E-state index in [1.165, 1.54) is 31.0 Å². The van der Waals surface area contributed by atoms with Crippen LogP contribution >= 0.6 is 11.8 Å². The van der Waals surface area contributed by atoms with Crippen molar-refractivity contribution >= 4 is 40.5 Å². The lowest BCUT2D eigenvalue weighted by molar-refractivity contribution is -0.143. The lowest BCUT2D eigenvalue weighted by Gasteiger charge is -2.35. The van der Waals surface area contributed by atoms with Gasteiger partial charge in [0.05, 0.1) is 29.7 Å². The molecule has 2 aliphatic heterocycles. The Morgan fingerprint density at radius 1 is 0.938 bits per heavy atom. The van der Waals surface area contributed by atoms with Gasteiger partial charge < -0.3 is 19.3 Å². The minimum atomic E-state index is -5.03. The average molecular weight is 693 g/mol. The average Bonchev–Trinajstić information content (AvgIpc) is 3.42. The molecule has 0 aromatic heterocycles. The van der Waals surface area contributed by atoms with Crippen LogP contribution in [0.2, 0.25) is 0 Å². The zero-order valence-corrected chi connectivity index (χ0v) is 26.6. The highest BCUT2D eigenvalue weighted by atomic mass is 32.2. The van der Waals surface area contributed by atoms with Crippen LogP contribution in [0.3, 0.4) is 0 Å². The third-order valence-corrected chi connectivity index (χ3v) is 8.78. The molecule has 254 valence electrons. The fraction of sp³-hybridized carbons (Fsp3) is 0.303. The van der Waals surface area contributed by atoms with E-state index in [2.05, 4.69) is 9.89 Å². The summed E-state index contributed by atoms with van der Waals surface area (Å²) in [6.45, 7) is 1.96. The molecule has 15 heteroatoms. The van der Waals surface area contributed by atoms with Crippen LogP contribution in [0.4, 0.5) is 32.0 Å². The largest absolute Gasteiger partial charge is 0.493 e. The molecular formula is C33H30F6N4O4S. The minimum Gasteiger partial charge on any atom is -0.493 e. The molecule has 0 aliphatic carbocycles. The molecule has 0 unspecified atom stereocenters. The van der Waals surface area contributed by atoms with Crippen molar-refractivity contribution in [3.63, 3.8) is 0 Å². The van der Waals surface area contributed by atoms with E-state index in [1.54, 1.807) is 24.1 Å². The molecule has 5 rings (SSSR count). The standard InChI is InChI=1S/C33H30F6N4O4S/c1-41(24-6-4-3-5-7-24)29(44)19-42-12-14-43(15-13-42)31-40-30(45)28(48-31)17-21-8-11-26(27(16-21)46-2)47-20-22-9-10-23(32(34,35)36)18-25(22)33(37,38)39/h3-11,16-18H,12-15,19-20H2,1-2H3/b28-17-. The first-order valence-electron chi connectivity index (χ1n) is 14.6. The Labute approximate surface area is 276 Å². The Kier molecular flexibility index (Phi) is 10.4. The van der Waals surface area contributed by atoms with Gasteiger partial charge in [-0.2, -0.15) is 31.3 Å². The van der Waals surface area contributed by atoms with Gasteiger partial charge >= 0.3 is 12.4 Å². The number of rotatable bonds is 8. The summed E-state index contributed by atoms with van der Waals surface area (Å²) in [7, 11) is 3.06. The zero-order chi connectivity index (χ0) is 34.6. The van der Waals surface area contributed by atoms with Crippen LogP contribution < -0.4 is 14.4 Å². The van der Waals surface area contributed by atoms with Gasteiger partial charge in [0.2, 0.25) is 5.91 Å². The van der Waals surface area contributed by atoms with Crippen LogP contribution in [0.15, 0.2) is 76.6 Å². The molecule has 0 spiro atoms.